The number of piperidine rings is 1. The second-order valence-electron chi connectivity index (χ2n) is 4.12. The molecule has 1 aliphatic heterocycles. The van der Waals surface area contributed by atoms with Crippen molar-refractivity contribution in [3.63, 3.8) is 0 Å². The SMILES string of the molecule is [O]=[Co]([CH2]CN1CCCCC1)[c]1ccccc1. The van der Waals surface area contributed by atoms with E-state index in [1.807, 2.05) is 30.3 Å². The topological polar surface area (TPSA) is 20.3 Å². The zero-order valence-corrected chi connectivity index (χ0v) is 10.6. The van der Waals surface area contributed by atoms with E-state index in [0.29, 0.717) is 0 Å². The molecule has 1 fully saturated rings. The molecule has 1 heterocycles. The molecule has 1 aromatic rings. The van der Waals surface area contributed by atoms with E-state index in [1.165, 1.54) is 32.4 Å². The van der Waals surface area contributed by atoms with Crippen LogP contribution in [0, 0.1) is 0 Å². The summed E-state index contributed by atoms with van der Waals surface area (Å²) >= 11 is -1.17. The van der Waals surface area contributed by atoms with Crippen LogP contribution in [0.2, 0.25) is 5.36 Å². The minimum atomic E-state index is -1.17. The Morgan fingerprint density at radius 3 is 2.44 bits per heavy atom. The summed E-state index contributed by atoms with van der Waals surface area (Å²) in [6.45, 7) is 3.37. The van der Waals surface area contributed by atoms with Gasteiger partial charge in [0.2, 0.25) is 0 Å². The van der Waals surface area contributed by atoms with Gasteiger partial charge in [-0.05, 0) is 0 Å². The predicted octanol–water partition coefficient (Wildman–Crippen LogP) is 2.18. The molecule has 0 unspecified atom stereocenters. The Hall–Kier alpha value is -0.514. The Balaban J connectivity index is 1.79. The Labute approximate surface area is 102 Å². The van der Waals surface area contributed by atoms with Crippen LogP contribution in [0.3, 0.4) is 0 Å². The van der Waals surface area contributed by atoms with Gasteiger partial charge in [-0.1, -0.05) is 0 Å². The van der Waals surface area contributed by atoms with E-state index in [2.05, 4.69) is 4.90 Å². The van der Waals surface area contributed by atoms with Gasteiger partial charge in [0.25, 0.3) is 0 Å². The van der Waals surface area contributed by atoms with Gasteiger partial charge in [-0.15, -0.1) is 0 Å². The van der Waals surface area contributed by atoms with Crippen molar-refractivity contribution >= 4 is 4.50 Å². The zero-order chi connectivity index (χ0) is 11.2. The summed E-state index contributed by atoms with van der Waals surface area (Å²) in [5.74, 6) is 0. The first-order chi connectivity index (χ1) is 7.86. The van der Waals surface area contributed by atoms with Crippen LogP contribution in [0.25, 0.3) is 0 Å². The predicted molar refractivity (Wildman–Crippen MR) is 61.9 cm³/mol. The fourth-order valence-corrected chi connectivity index (χ4v) is 3.41. The molecule has 0 amide bonds. The molecule has 2 rings (SSSR count). The molecule has 0 spiro atoms. The zero-order valence-electron chi connectivity index (χ0n) is 9.53. The Morgan fingerprint density at radius 2 is 1.75 bits per heavy atom. The molecule has 0 radical (unpaired) electrons. The second kappa shape index (κ2) is 6.28. The summed E-state index contributed by atoms with van der Waals surface area (Å²) < 4.78 is 13.0. The van der Waals surface area contributed by atoms with Crippen LogP contribution in [0.1, 0.15) is 19.3 Å². The van der Waals surface area contributed by atoms with Crippen molar-refractivity contribution in [2.45, 2.75) is 24.6 Å². The van der Waals surface area contributed by atoms with Crippen LogP contribution in [-0.2, 0) is 17.5 Å². The third-order valence-corrected chi connectivity index (χ3v) is 4.65. The molecule has 3 heteroatoms. The quantitative estimate of drug-likeness (QED) is 0.830. The standard InChI is InChI=1S/C7H14N.C6H5.Co.O/c1-2-8-6-4-3-5-7-8;1-2-4-6-5-3-1;;/h1-7H2;1-5H;;. The summed E-state index contributed by atoms with van der Waals surface area (Å²) in [6.07, 6.45) is 3.98. The molecule has 0 aliphatic carbocycles. The summed E-state index contributed by atoms with van der Waals surface area (Å²) in [5.41, 5.74) is 0. The molecule has 0 bridgehead atoms. The number of nitrogens with zero attached hydrogens (tertiary/aromatic N) is 1. The first kappa shape index (κ1) is 12.0. The van der Waals surface area contributed by atoms with E-state index >= 15 is 0 Å². The van der Waals surface area contributed by atoms with Crippen molar-refractivity contribution in [3.05, 3.63) is 30.3 Å². The molecule has 2 nitrogen and oxygen atoms in total. The molecule has 0 atom stereocenters. The van der Waals surface area contributed by atoms with Gasteiger partial charge in [0.1, 0.15) is 0 Å². The van der Waals surface area contributed by atoms with Crippen LogP contribution >= 0.6 is 0 Å². The number of benzene rings is 1. The van der Waals surface area contributed by atoms with Crippen LogP contribution in [0.15, 0.2) is 30.3 Å². The summed E-state index contributed by atoms with van der Waals surface area (Å²) in [4.78, 5) is 2.44. The summed E-state index contributed by atoms with van der Waals surface area (Å²) in [6, 6.07) is 9.82. The van der Waals surface area contributed by atoms with Crippen molar-refractivity contribution in [2.75, 3.05) is 19.6 Å². The van der Waals surface area contributed by atoms with Gasteiger partial charge in [-0.3, -0.25) is 0 Å². The van der Waals surface area contributed by atoms with E-state index in [0.717, 1.165) is 16.4 Å². The fraction of sp³-hybridized carbons (Fsp3) is 0.538. The molecule has 1 aromatic carbocycles. The normalized spacial score (nSPS) is 18.4. The van der Waals surface area contributed by atoms with E-state index in [-0.39, 0.29) is 0 Å². The summed E-state index contributed by atoms with van der Waals surface area (Å²) in [5, 5.41) is 0.803. The maximum atomic E-state index is 12.0. The average Bonchev–Trinajstić information content (AvgIpc) is 2.38. The van der Waals surface area contributed by atoms with Gasteiger partial charge in [-0.25, -0.2) is 0 Å². The van der Waals surface area contributed by atoms with Gasteiger partial charge in [-0.2, -0.15) is 0 Å². The van der Waals surface area contributed by atoms with E-state index in [1.54, 1.807) is 0 Å². The van der Waals surface area contributed by atoms with Crippen molar-refractivity contribution < 1.29 is 17.5 Å². The van der Waals surface area contributed by atoms with Gasteiger partial charge in [0.05, 0.1) is 0 Å². The van der Waals surface area contributed by atoms with Crippen molar-refractivity contribution in [1.29, 1.82) is 0 Å². The molecular weight excluding hydrogens is 245 g/mol. The number of hydrogen-bond donors (Lipinski definition) is 0. The van der Waals surface area contributed by atoms with E-state index < -0.39 is 13.6 Å². The molecule has 0 aromatic heterocycles. The van der Waals surface area contributed by atoms with Crippen LogP contribution in [0.4, 0.5) is 0 Å². The van der Waals surface area contributed by atoms with Crippen molar-refractivity contribution in [3.8, 4) is 0 Å². The van der Waals surface area contributed by atoms with Crippen LogP contribution in [-0.4, -0.2) is 24.5 Å². The molecule has 1 aliphatic rings. The third-order valence-electron chi connectivity index (χ3n) is 2.92. The molecule has 1 saturated heterocycles. The van der Waals surface area contributed by atoms with Crippen LogP contribution < -0.4 is 4.50 Å². The number of rotatable bonds is 4. The van der Waals surface area contributed by atoms with Gasteiger partial charge >= 0.3 is 101 Å². The van der Waals surface area contributed by atoms with Gasteiger partial charge in [0, 0.05) is 0 Å². The van der Waals surface area contributed by atoms with Crippen molar-refractivity contribution in [1.82, 2.24) is 4.90 Å². The Kier molecular flexibility index (Phi) is 4.69. The first-order valence-electron chi connectivity index (χ1n) is 5.90. The monoisotopic (exact) mass is 264 g/mol. The van der Waals surface area contributed by atoms with E-state index in [9.17, 15) is 3.87 Å². The average molecular weight is 264 g/mol. The Bertz CT molecular complexity index is 333. The first-order valence-corrected chi connectivity index (χ1v) is 7.58. The number of likely N-dealkylation sites (tertiary alicyclic amines) is 1. The molecule has 0 N–H and O–H groups in total. The molecular formula is C13H19CoNO. The van der Waals surface area contributed by atoms with Crippen LogP contribution in [0.5, 0.6) is 0 Å². The Morgan fingerprint density at radius 1 is 1.06 bits per heavy atom. The number of hydrogen-bond acceptors (Lipinski definition) is 2. The minimum absolute atomic E-state index is 0.803. The van der Waals surface area contributed by atoms with Gasteiger partial charge in [0.15, 0.2) is 0 Å². The molecule has 91 valence electrons. The molecule has 16 heavy (non-hydrogen) atoms. The third kappa shape index (κ3) is 3.51. The fourth-order valence-electron chi connectivity index (χ4n) is 1.98. The van der Waals surface area contributed by atoms with Crippen molar-refractivity contribution in [2.24, 2.45) is 0 Å². The maximum absolute atomic E-state index is 12.0. The van der Waals surface area contributed by atoms with Gasteiger partial charge < -0.3 is 0 Å². The second-order valence-corrected chi connectivity index (χ2v) is 6.12. The van der Waals surface area contributed by atoms with E-state index in [4.69, 9.17) is 0 Å². The summed E-state index contributed by atoms with van der Waals surface area (Å²) in [7, 11) is 0. The molecule has 0 saturated carbocycles.